The van der Waals surface area contributed by atoms with E-state index in [0.717, 1.165) is 31.6 Å². The van der Waals surface area contributed by atoms with Gasteiger partial charge in [0.05, 0.1) is 0 Å². The second-order valence-corrected chi connectivity index (χ2v) is 6.04. The minimum absolute atomic E-state index is 0.391. The zero-order valence-electron chi connectivity index (χ0n) is 11.3. The molecule has 1 unspecified atom stereocenters. The van der Waals surface area contributed by atoms with Gasteiger partial charge in [0.2, 0.25) is 0 Å². The van der Waals surface area contributed by atoms with Gasteiger partial charge in [0.25, 0.3) is 0 Å². The average Bonchev–Trinajstić information content (AvgIpc) is 2.30. The molecule has 0 bridgehead atoms. The summed E-state index contributed by atoms with van der Waals surface area (Å²) >= 11 is 4.47. The predicted octanol–water partition coefficient (Wildman–Crippen LogP) is 3.51. The molecule has 1 atom stereocenters. The van der Waals surface area contributed by atoms with Crippen LogP contribution in [0.4, 0.5) is 0 Å². The first kappa shape index (κ1) is 15.0. The van der Waals surface area contributed by atoms with Gasteiger partial charge in [-0.05, 0) is 58.0 Å². The van der Waals surface area contributed by atoms with Gasteiger partial charge >= 0.3 is 0 Å². The van der Waals surface area contributed by atoms with Crippen LogP contribution < -0.4 is 0 Å². The molecule has 0 aromatic rings. The molecule has 2 nitrogen and oxygen atoms in total. The fourth-order valence-electron chi connectivity index (χ4n) is 2.61. The van der Waals surface area contributed by atoms with E-state index < -0.39 is 0 Å². The topological polar surface area (TPSA) is 20.3 Å². The molecule has 1 fully saturated rings. The van der Waals surface area contributed by atoms with Gasteiger partial charge in [0.15, 0.2) is 0 Å². The fourth-order valence-corrected chi connectivity index (χ4v) is 2.84. The number of likely N-dealkylation sites (tertiary alicyclic amines) is 1. The minimum atomic E-state index is 0.391. The van der Waals surface area contributed by atoms with E-state index in [2.05, 4.69) is 31.4 Å². The third-order valence-corrected chi connectivity index (χ3v) is 4.10. The molecule has 1 rings (SSSR count). The summed E-state index contributed by atoms with van der Waals surface area (Å²) in [7, 11) is 0. The normalized spacial score (nSPS) is 20.4. The zero-order valence-corrected chi connectivity index (χ0v) is 12.2. The van der Waals surface area contributed by atoms with Crippen LogP contribution in [-0.2, 0) is 4.79 Å². The van der Waals surface area contributed by atoms with E-state index >= 15 is 0 Å². The van der Waals surface area contributed by atoms with E-state index in [-0.39, 0.29) is 0 Å². The zero-order chi connectivity index (χ0) is 12.7. The van der Waals surface area contributed by atoms with Crippen molar-refractivity contribution in [2.45, 2.75) is 64.2 Å². The number of piperidine rings is 1. The first-order chi connectivity index (χ1) is 8.13. The van der Waals surface area contributed by atoms with Crippen molar-refractivity contribution < 1.29 is 4.79 Å². The van der Waals surface area contributed by atoms with Crippen molar-refractivity contribution in [2.75, 3.05) is 13.1 Å². The lowest BCUT2D eigenvalue weighted by Gasteiger charge is -2.34. The number of hydrogen-bond donors (Lipinski definition) is 1. The molecule has 0 saturated carbocycles. The number of nitrogens with zero attached hydrogens (tertiary/aromatic N) is 1. The molecular formula is C14H27NOS. The molecule has 0 aromatic heterocycles. The number of rotatable bonds is 7. The molecule has 3 heteroatoms. The first-order valence-electron chi connectivity index (χ1n) is 7.07. The summed E-state index contributed by atoms with van der Waals surface area (Å²) in [5.41, 5.74) is 0. The van der Waals surface area contributed by atoms with Gasteiger partial charge in [-0.1, -0.05) is 6.92 Å². The number of thiol groups is 1. The predicted molar refractivity (Wildman–Crippen MR) is 76.5 cm³/mol. The van der Waals surface area contributed by atoms with Crippen LogP contribution >= 0.6 is 12.6 Å². The molecule has 100 valence electrons. The maximum atomic E-state index is 11.4. The van der Waals surface area contributed by atoms with Gasteiger partial charge in [-0.3, -0.25) is 9.69 Å². The van der Waals surface area contributed by atoms with E-state index in [1.807, 2.05) is 0 Å². The Bertz CT molecular complexity index is 222. The Morgan fingerprint density at radius 3 is 2.53 bits per heavy atom. The molecule has 0 spiro atoms. The van der Waals surface area contributed by atoms with Crippen LogP contribution in [0.2, 0.25) is 0 Å². The molecule has 0 aromatic carbocycles. The number of carbonyl (C=O) groups excluding carboxylic acids is 1. The maximum Gasteiger partial charge on any atom is 0.132 e. The van der Waals surface area contributed by atoms with E-state index in [4.69, 9.17) is 0 Å². The number of carbonyl (C=O) groups is 1. The third kappa shape index (κ3) is 5.91. The molecule has 0 radical (unpaired) electrons. The summed E-state index contributed by atoms with van der Waals surface area (Å²) in [4.78, 5) is 13.8. The van der Waals surface area contributed by atoms with Crippen LogP contribution in [0.3, 0.4) is 0 Å². The lowest BCUT2D eigenvalue weighted by atomic mass is 9.91. The van der Waals surface area contributed by atoms with Crippen LogP contribution in [0.15, 0.2) is 0 Å². The van der Waals surface area contributed by atoms with Crippen molar-refractivity contribution in [1.82, 2.24) is 4.90 Å². The largest absolute Gasteiger partial charge is 0.300 e. The van der Waals surface area contributed by atoms with Crippen molar-refractivity contribution in [2.24, 2.45) is 5.92 Å². The van der Waals surface area contributed by atoms with Crippen molar-refractivity contribution >= 4 is 18.4 Å². The average molecular weight is 257 g/mol. The highest BCUT2D eigenvalue weighted by Crippen LogP contribution is 2.24. The third-order valence-electron chi connectivity index (χ3n) is 3.77. The maximum absolute atomic E-state index is 11.4. The standard InChI is InChI=1S/C14H27NOS/c1-3-5-14(16)7-4-6-13-8-10-15(11-9-13)12(2)17/h12-13,17H,3-11H2,1-2H3. The minimum Gasteiger partial charge on any atom is -0.300 e. The van der Waals surface area contributed by atoms with E-state index in [1.54, 1.807) is 0 Å². The molecular weight excluding hydrogens is 230 g/mol. The van der Waals surface area contributed by atoms with E-state index in [9.17, 15) is 4.79 Å². The summed E-state index contributed by atoms with van der Waals surface area (Å²) in [6, 6.07) is 0. The Morgan fingerprint density at radius 2 is 2.00 bits per heavy atom. The monoisotopic (exact) mass is 257 g/mol. The number of hydrogen-bond acceptors (Lipinski definition) is 3. The highest BCUT2D eigenvalue weighted by Gasteiger charge is 2.20. The van der Waals surface area contributed by atoms with Crippen LogP contribution in [0, 0.1) is 5.92 Å². The number of ketones is 1. The molecule has 1 heterocycles. The van der Waals surface area contributed by atoms with Crippen molar-refractivity contribution in [3.63, 3.8) is 0 Å². The summed E-state index contributed by atoms with van der Waals surface area (Å²) < 4.78 is 0. The molecule has 1 aliphatic heterocycles. The second kappa shape index (κ2) is 8.15. The van der Waals surface area contributed by atoms with Crippen molar-refractivity contribution in [1.29, 1.82) is 0 Å². The molecule has 0 aliphatic carbocycles. The van der Waals surface area contributed by atoms with E-state index in [0.29, 0.717) is 11.2 Å². The smallest absolute Gasteiger partial charge is 0.132 e. The lowest BCUT2D eigenvalue weighted by Crippen LogP contribution is -2.37. The summed E-state index contributed by atoms with van der Waals surface area (Å²) in [6.07, 6.45) is 7.48. The first-order valence-corrected chi connectivity index (χ1v) is 7.59. The second-order valence-electron chi connectivity index (χ2n) is 5.29. The molecule has 1 aliphatic rings. The Kier molecular flexibility index (Phi) is 7.21. The summed E-state index contributed by atoms with van der Waals surface area (Å²) in [5.74, 6) is 1.29. The van der Waals surface area contributed by atoms with Crippen LogP contribution in [-0.4, -0.2) is 29.1 Å². The van der Waals surface area contributed by atoms with Gasteiger partial charge in [-0.25, -0.2) is 0 Å². The SMILES string of the molecule is CCCC(=O)CCCC1CCN(C(C)S)CC1. The van der Waals surface area contributed by atoms with Gasteiger partial charge in [0.1, 0.15) is 5.78 Å². The number of Topliss-reactive ketones (excluding diaryl/α,β-unsaturated/α-hetero) is 1. The van der Waals surface area contributed by atoms with Crippen LogP contribution in [0.5, 0.6) is 0 Å². The Balaban J connectivity index is 2.08. The van der Waals surface area contributed by atoms with Crippen LogP contribution in [0.1, 0.15) is 58.8 Å². The van der Waals surface area contributed by atoms with Crippen molar-refractivity contribution in [3.05, 3.63) is 0 Å². The van der Waals surface area contributed by atoms with E-state index in [1.165, 1.54) is 32.4 Å². The Labute approximate surface area is 112 Å². The van der Waals surface area contributed by atoms with Crippen molar-refractivity contribution in [3.8, 4) is 0 Å². The quantitative estimate of drug-likeness (QED) is 0.704. The molecule has 17 heavy (non-hydrogen) atoms. The Hall–Kier alpha value is -0.0200. The molecule has 0 amide bonds. The van der Waals surface area contributed by atoms with Gasteiger partial charge < -0.3 is 0 Å². The van der Waals surface area contributed by atoms with Gasteiger partial charge in [-0.2, -0.15) is 12.6 Å². The highest BCUT2D eigenvalue weighted by atomic mass is 32.1. The molecule has 1 saturated heterocycles. The van der Waals surface area contributed by atoms with Crippen LogP contribution in [0.25, 0.3) is 0 Å². The van der Waals surface area contributed by atoms with Gasteiger partial charge in [-0.15, -0.1) is 0 Å². The summed E-state index contributed by atoms with van der Waals surface area (Å²) in [5, 5.41) is 0.391. The fraction of sp³-hybridized carbons (Fsp3) is 0.929. The Morgan fingerprint density at radius 1 is 1.35 bits per heavy atom. The highest BCUT2D eigenvalue weighted by molar-refractivity contribution is 7.80. The lowest BCUT2D eigenvalue weighted by molar-refractivity contribution is -0.119. The summed E-state index contributed by atoms with van der Waals surface area (Å²) in [6.45, 7) is 6.58. The molecule has 0 N–H and O–H groups in total. The van der Waals surface area contributed by atoms with Gasteiger partial charge in [0, 0.05) is 18.2 Å².